The van der Waals surface area contributed by atoms with Crippen molar-refractivity contribution in [2.45, 2.75) is 38.5 Å². The zero-order chi connectivity index (χ0) is 13.1. The lowest BCUT2D eigenvalue weighted by molar-refractivity contribution is 0.389. The Morgan fingerprint density at radius 2 is 2.17 bits per heavy atom. The van der Waals surface area contributed by atoms with Crippen LogP contribution in [0.4, 0.5) is 0 Å². The van der Waals surface area contributed by atoms with Gasteiger partial charge in [-0.05, 0) is 58.4 Å². The fourth-order valence-electron chi connectivity index (χ4n) is 2.61. The van der Waals surface area contributed by atoms with Gasteiger partial charge in [0.2, 0.25) is 0 Å². The van der Waals surface area contributed by atoms with Crippen molar-refractivity contribution in [2.75, 3.05) is 20.2 Å². The van der Waals surface area contributed by atoms with E-state index in [0.717, 1.165) is 23.3 Å². The van der Waals surface area contributed by atoms with E-state index >= 15 is 0 Å². The lowest BCUT2D eigenvalue weighted by Crippen LogP contribution is -2.28. The quantitative estimate of drug-likeness (QED) is 0.909. The molecule has 1 unspecified atom stereocenters. The molecule has 3 heteroatoms. The Labute approximate surface area is 118 Å². The summed E-state index contributed by atoms with van der Waals surface area (Å²) in [6.45, 7) is 6.67. The summed E-state index contributed by atoms with van der Waals surface area (Å²) in [7, 11) is 1.76. The SMILES string of the molecule is COc1c(Br)cc(C(C)C)cc1C1CCCNC1. The van der Waals surface area contributed by atoms with Crippen LogP contribution in [0.25, 0.3) is 0 Å². The van der Waals surface area contributed by atoms with Gasteiger partial charge in [0, 0.05) is 12.5 Å². The molecule has 100 valence electrons. The standard InChI is InChI=1S/C15H22BrNO/c1-10(2)12-7-13(11-5-4-6-17-9-11)15(18-3)14(16)8-12/h7-8,10-11,17H,4-6,9H2,1-3H3. The first-order valence-corrected chi connectivity index (χ1v) is 7.50. The van der Waals surface area contributed by atoms with Crippen LogP contribution in [0.5, 0.6) is 5.75 Å². The van der Waals surface area contributed by atoms with Gasteiger partial charge in [0.1, 0.15) is 5.75 Å². The maximum absolute atomic E-state index is 5.59. The van der Waals surface area contributed by atoms with Gasteiger partial charge >= 0.3 is 0 Å². The molecule has 18 heavy (non-hydrogen) atoms. The topological polar surface area (TPSA) is 21.3 Å². The summed E-state index contributed by atoms with van der Waals surface area (Å²) in [4.78, 5) is 0. The van der Waals surface area contributed by atoms with Crippen molar-refractivity contribution in [2.24, 2.45) is 0 Å². The second kappa shape index (κ2) is 6.07. The molecule has 1 aromatic carbocycles. The third kappa shape index (κ3) is 2.89. The monoisotopic (exact) mass is 311 g/mol. The Morgan fingerprint density at radius 3 is 2.72 bits per heavy atom. The molecule has 2 nitrogen and oxygen atoms in total. The van der Waals surface area contributed by atoms with Crippen LogP contribution in [0.3, 0.4) is 0 Å². The lowest BCUT2D eigenvalue weighted by atomic mass is 9.88. The molecule has 1 saturated heterocycles. The summed E-state index contributed by atoms with van der Waals surface area (Å²) in [5.74, 6) is 2.12. The molecule has 2 rings (SSSR count). The predicted molar refractivity (Wildman–Crippen MR) is 79.6 cm³/mol. The number of hydrogen-bond donors (Lipinski definition) is 1. The van der Waals surface area contributed by atoms with Gasteiger partial charge in [-0.1, -0.05) is 19.9 Å². The second-order valence-electron chi connectivity index (χ2n) is 5.32. The van der Waals surface area contributed by atoms with Crippen molar-refractivity contribution in [3.63, 3.8) is 0 Å². The van der Waals surface area contributed by atoms with E-state index in [0.29, 0.717) is 11.8 Å². The number of nitrogens with one attached hydrogen (secondary N) is 1. The van der Waals surface area contributed by atoms with Gasteiger partial charge in [0.25, 0.3) is 0 Å². The van der Waals surface area contributed by atoms with E-state index in [1.165, 1.54) is 24.0 Å². The Kier molecular flexibility index (Phi) is 4.68. The average molecular weight is 312 g/mol. The highest BCUT2D eigenvalue weighted by atomic mass is 79.9. The first kappa shape index (κ1) is 13.9. The average Bonchev–Trinajstić information content (AvgIpc) is 2.38. The Morgan fingerprint density at radius 1 is 1.39 bits per heavy atom. The van der Waals surface area contributed by atoms with Crippen LogP contribution in [0.1, 0.15) is 49.7 Å². The van der Waals surface area contributed by atoms with Crippen LogP contribution in [-0.2, 0) is 0 Å². The molecule has 1 heterocycles. The zero-order valence-electron chi connectivity index (χ0n) is 11.4. The highest BCUT2D eigenvalue weighted by Crippen LogP contribution is 2.39. The number of piperidine rings is 1. The van der Waals surface area contributed by atoms with Gasteiger partial charge in [-0.3, -0.25) is 0 Å². The maximum atomic E-state index is 5.59. The van der Waals surface area contributed by atoms with Crippen molar-refractivity contribution in [1.82, 2.24) is 5.32 Å². The van der Waals surface area contributed by atoms with E-state index in [-0.39, 0.29) is 0 Å². The first-order chi connectivity index (χ1) is 8.63. The first-order valence-electron chi connectivity index (χ1n) is 6.71. The van der Waals surface area contributed by atoms with E-state index < -0.39 is 0 Å². The van der Waals surface area contributed by atoms with E-state index in [1.807, 2.05) is 0 Å². The minimum atomic E-state index is 0.544. The summed E-state index contributed by atoms with van der Waals surface area (Å²) in [5.41, 5.74) is 2.73. The van der Waals surface area contributed by atoms with Crippen molar-refractivity contribution in [3.05, 3.63) is 27.7 Å². The normalized spacial score (nSPS) is 20.2. The molecule has 0 spiro atoms. The molecule has 0 saturated carbocycles. The highest BCUT2D eigenvalue weighted by Gasteiger charge is 2.21. The highest BCUT2D eigenvalue weighted by molar-refractivity contribution is 9.10. The molecule has 1 aliphatic rings. The largest absolute Gasteiger partial charge is 0.495 e. The molecule has 1 fully saturated rings. The lowest BCUT2D eigenvalue weighted by Gasteiger charge is -2.26. The summed E-state index contributed by atoms with van der Waals surface area (Å²) >= 11 is 3.65. The molecule has 0 radical (unpaired) electrons. The molecule has 0 bridgehead atoms. The summed E-state index contributed by atoms with van der Waals surface area (Å²) < 4.78 is 6.67. The molecule has 1 atom stereocenters. The van der Waals surface area contributed by atoms with Crippen molar-refractivity contribution in [3.8, 4) is 5.75 Å². The smallest absolute Gasteiger partial charge is 0.136 e. The van der Waals surface area contributed by atoms with Gasteiger partial charge in [-0.25, -0.2) is 0 Å². The molecule has 0 amide bonds. The van der Waals surface area contributed by atoms with Crippen molar-refractivity contribution >= 4 is 15.9 Å². The third-order valence-corrected chi connectivity index (χ3v) is 4.29. The number of halogens is 1. The second-order valence-corrected chi connectivity index (χ2v) is 6.18. The van der Waals surface area contributed by atoms with Gasteiger partial charge in [0.15, 0.2) is 0 Å². The minimum Gasteiger partial charge on any atom is -0.495 e. The number of hydrogen-bond acceptors (Lipinski definition) is 2. The molecule has 0 aliphatic carbocycles. The van der Waals surface area contributed by atoms with Crippen LogP contribution >= 0.6 is 15.9 Å². The molecular formula is C15H22BrNO. The van der Waals surface area contributed by atoms with Crippen molar-refractivity contribution < 1.29 is 4.74 Å². The van der Waals surface area contributed by atoms with Crippen LogP contribution in [0.15, 0.2) is 16.6 Å². The Bertz CT molecular complexity index is 411. The van der Waals surface area contributed by atoms with Crippen LogP contribution in [-0.4, -0.2) is 20.2 Å². The molecule has 0 aromatic heterocycles. The van der Waals surface area contributed by atoms with E-state index in [4.69, 9.17) is 4.74 Å². The fourth-order valence-corrected chi connectivity index (χ4v) is 3.26. The predicted octanol–water partition coefficient (Wildman–Crippen LogP) is 4.05. The Hall–Kier alpha value is -0.540. The summed E-state index contributed by atoms with van der Waals surface area (Å²) in [6.07, 6.45) is 2.49. The zero-order valence-corrected chi connectivity index (χ0v) is 13.0. The van der Waals surface area contributed by atoms with Crippen molar-refractivity contribution in [1.29, 1.82) is 0 Å². The van der Waals surface area contributed by atoms with Gasteiger partial charge in [-0.15, -0.1) is 0 Å². The molecule has 1 aromatic rings. The fraction of sp³-hybridized carbons (Fsp3) is 0.600. The van der Waals surface area contributed by atoms with Crippen LogP contribution in [0.2, 0.25) is 0 Å². The van der Waals surface area contributed by atoms with E-state index in [9.17, 15) is 0 Å². The summed E-state index contributed by atoms with van der Waals surface area (Å²) in [5, 5.41) is 3.48. The van der Waals surface area contributed by atoms with E-state index in [2.05, 4.69) is 47.2 Å². The Balaban J connectivity index is 2.41. The molecular weight excluding hydrogens is 290 g/mol. The molecule has 1 N–H and O–H groups in total. The minimum absolute atomic E-state index is 0.544. The third-order valence-electron chi connectivity index (χ3n) is 3.70. The van der Waals surface area contributed by atoms with Gasteiger partial charge in [0.05, 0.1) is 11.6 Å². The van der Waals surface area contributed by atoms with E-state index in [1.54, 1.807) is 7.11 Å². The van der Waals surface area contributed by atoms with Gasteiger partial charge < -0.3 is 10.1 Å². The van der Waals surface area contributed by atoms with Crippen LogP contribution < -0.4 is 10.1 Å². The summed E-state index contributed by atoms with van der Waals surface area (Å²) in [6, 6.07) is 4.51. The molecule has 1 aliphatic heterocycles. The number of methoxy groups -OCH3 is 1. The maximum Gasteiger partial charge on any atom is 0.136 e. The van der Waals surface area contributed by atoms with Crippen LogP contribution in [0, 0.1) is 0 Å². The number of rotatable bonds is 3. The number of ether oxygens (including phenoxy) is 1. The van der Waals surface area contributed by atoms with Gasteiger partial charge in [-0.2, -0.15) is 0 Å². The number of benzene rings is 1.